The van der Waals surface area contributed by atoms with E-state index in [0.717, 1.165) is 10.5 Å². The molecule has 0 saturated heterocycles. The Morgan fingerprint density at radius 2 is 2.05 bits per heavy atom. The van der Waals surface area contributed by atoms with Crippen LogP contribution in [0.3, 0.4) is 0 Å². The molecule has 2 rings (SSSR count). The predicted octanol–water partition coefficient (Wildman–Crippen LogP) is 4.26. The minimum Gasteiger partial charge on any atom is -0.288 e. The van der Waals surface area contributed by atoms with E-state index in [1.807, 2.05) is 42.0 Å². The number of allylic oxidation sites excluding steroid dienone is 1. The summed E-state index contributed by atoms with van der Waals surface area (Å²) in [6, 6.07) is 11.5. The summed E-state index contributed by atoms with van der Waals surface area (Å²) in [7, 11) is 0. The zero-order chi connectivity index (χ0) is 13.7. The van der Waals surface area contributed by atoms with Gasteiger partial charge in [0, 0.05) is 15.8 Å². The van der Waals surface area contributed by atoms with Crippen molar-refractivity contribution in [1.82, 2.24) is 0 Å². The SMILES string of the molecule is CSc1ccc(/C=C(/C#N)C(=O)c2ccsc2)cc1. The Labute approximate surface area is 120 Å². The minimum atomic E-state index is -0.224. The van der Waals surface area contributed by atoms with E-state index < -0.39 is 0 Å². The van der Waals surface area contributed by atoms with Gasteiger partial charge >= 0.3 is 0 Å². The molecule has 94 valence electrons. The molecule has 0 fully saturated rings. The lowest BCUT2D eigenvalue weighted by molar-refractivity contribution is 0.104. The second-order valence-corrected chi connectivity index (χ2v) is 5.44. The zero-order valence-corrected chi connectivity index (χ0v) is 11.9. The van der Waals surface area contributed by atoms with Gasteiger partial charge in [-0.15, -0.1) is 11.8 Å². The van der Waals surface area contributed by atoms with Gasteiger partial charge in [-0.3, -0.25) is 4.79 Å². The van der Waals surface area contributed by atoms with E-state index in [0.29, 0.717) is 5.56 Å². The van der Waals surface area contributed by atoms with Crippen molar-refractivity contribution >= 4 is 35.0 Å². The lowest BCUT2D eigenvalue weighted by atomic mass is 10.0. The third-order valence-corrected chi connectivity index (χ3v) is 4.00. The van der Waals surface area contributed by atoms with E-state index in [2.05, 4.69) is 0 Å². The number of rotatable bonds is 4. The van der Waals surface area contributed by atoms with E-state index in [1.54, 1.807) is 29.3 Å². The second kappa shape index (κ2) is 6.37. The van der Waals surface area contributed by atoms with Crippen LogP contribution in [-0.4, -0.2) is 12.0 Å². The maximum absolute atomic E-state index is 12.1. The molecule has 0 amide bonds. The van der Waals surface area contributed by atoms with Gasteiger partial charge in [0.1, 0.15) is 11.6 Å². The van der Waals surface area contributed by atoms with Crippen molar-refractivity contribution in [2.75, 3.05) is 6.26 Å². The normalized spacial score (nSPS) is 11.1. The number of Topliss-reactive ketones (excluding diaryl/α,β-unsaturated/α-hetero) is 1. The molecular weight excluding hydrogens is 274 g/mol. The summed E-state index contributed by atoms with van der Waals surface area (Å²) >= 11 is 3.10. The first-order valence-corrected chi connectivity index (χ1v) is 7.74. The van der Waals surface area contributed by atoms with Crippen molar-refractivity contribution in [2.45, 2.75) is 4.90 Å². The molecule has 0 N–H and O–H groups in total. The molecule has 0 spiro atoms. The number of nitriles is 1. The van der Waals surface area contributed by atoms with Crippen LogP contribution in [0, 0.1) is 11.3 Å². The Balaban J connectivity index is 2.28. The number of hydrogen-bond donors (Lipinski definition) is 0. The maximum atomic E-state index is 12.1. The van der Waals surface area contributed by atoms with Gasteiger partial charge in [0.25, 0.3) is 0 Å². The summed E-state index contributed by atoms with van der Waals surface area (Å²) in [4.78, 5) is 13.2. The molecule has 4 heteroatoms. The summed E-state index contributed by atoms with van der Waals surface area (Å²) in [6.07, 6.45) is 3.63. The maximum Gasteiger partial charge on any atom is 0.204 e. The van der Waals surface area contributed by atoms with Gasteiger partial charge < -0.3 is 0 Å². The molecule has 0 bridgehead atoms. The van der Waals surface area contributed by atoms with Gasteiger partial charge in [-0.25, -0.2) is 0 Å². The molecule has 2 nitrogen and oxygen atoms in total. The number of carbonyl (C=O) groups is 1. The van der Waals surface area contributed by atoms with Crippen LogP contribution in [0.15, 0.2) is 51.6 Å². The number of thiophene rings is 1. The summed E-state index contributed by atoms with van der Waals surface area (Å²) in [6.45, 7) is 0. The first-order valence-electron chi connectivity index (χ1n) is 5.57. The zero-order valence-electron chi connectivity index (χ0n) is 10.3. The van der Waals surface area contributed by atoms with E-state index >= 15 is 0 Å². The second-order valence-electron chi connectivity index (χ2n) is 3.78. The first-order chi connectivity index (χ1) is 9.24. The lowest BCUT2D eigenvalue weighted by Gasteiger charge is -1.99. The molecule has 0 unspecified atom stereocenters. The molecule has 1 aromatic heterocycles. The molecule has 2 aromatic rings. The van der Waals surface area contributed by atoms with Gasteiger partial charge in [-0.05, 0) is 41.5 Å². The molecule has 0 radical (unpaired) electrons. The molecular formula is C15H11NOS2. The Hall–Kier alpha value is -1.83. The fraction of sp³-hybridized carbons (Fsp3) is 0.0667. The highest BCUT2D eigenvalue weighted by Crippen LogP contribution is 2.18. The molecule has 0 atom stereocenters. The first kappa shape index (κ1) is 13.6. The van der Waals surface area contributed by atoms with Crippen LogP contribution in [0.4, 0.5) is 0 Å². The van der Waals surface area contributed by atoms with Crippen LogP contribution < -0.4 is 0 Å². The van der Waals surface area contributed by atoms with Crippen LogP contribution >= 0.6 is 23.1 Å². The van der Waals surface area contributed by atoms with Crippen molar-refractivity contribution in [3.05, 3.63) is 57.8 Å². The lowest BCUT2D eigenvalue weighted by Crippen LogP contribution is -1.99. The fourth-order valence-electron chi connectivity index (χ4n) is 1.56. The third-order valence-electron chi connectivity index (χ3n) is 2.58. The Bertz CT molecular complexity index is 634. The number of carbonyl (C=O) groups excluding carboxylic acids is 1. The van der Waals surface area contributed by atoms with E-state index in [4.69, 9.17) is 5.26 Å². The van der Waals surface area contributed by atoms with Crippen molar-refractivity contribution in [3.8, 4) is 6.07 Å². The Morgan fingerprint density at radius 1 is 1.32 bits per heavy atom. The van der Waals surface area contributed by atoms with Crippen molar-refractivity contribution < 1.29 is 4.79 Å². The molecule has 1 aromatic carbocycles. The number of ketones is 1. The van der Waals surface area contributed by atoms with Gasteiger partial charge in [0.2, 0.25) is 5.78 Å². The highest BCUT2D eigenvalue weighted by Gasteiger charge is 2.12. The van der Waals surface area contributed by atoms with Crippen LogP contribution in [-0.2, 0) is 0 Å². The highest BCUT2D eigenvalue weighted by molar-refractivity contribution is 7.98. The quantitative estimate of drug-likeness (QED) is 0.365. The topological polar surface area (TPSA) is 40.9 Å². The summed E-state index contributed by atoms with van der Waals surface area (Å²) < 4.78 is 0. The van der Waals surface area contributed by atoms with Crippen LogP contribution in [0.5, 0.6) is 0 Å². The smallest absolute Gasteiger partial charge is 0.204 e. The number of benzene rings is 1. The van der Waals surface area contributed by atoms with E-state index in [1.165, 1.54) is 11.3 Å². The Kier molecular flexibility index (Phi) is 4.56. The van der Waals surface area contributed by atoms with Gasteiger partial charge in [-0.2, -0.15) is 16.6 Å². The summed E-state index contributed by atoms with van der Waals surface area (Å²) in [5, 5.41) is 12.7. The van der Waals surface area contributed by atoms with E-state index in [-0.39, 0.29) is 11.4 Å². The molecule has 0 saturated carbocycles. The van der Waals surface area contributed by atoms with Crippen molar-refractivity contribution in [2.24, 2.45) is 0 Å². The fourth-order valence-corrected chi connectivity index (χ4v) is 2.61. The number of thioether (sulfide) groups is 1. The number of hydrogen-bond acceptors (Lipinski definition) is 4. The van der Waals surface area contributed by atoms with Gasteiger partial charge in [0.05, 0.1) is 0 Å². The third kappa shape index (κ3) is 3.34. The molecule has 19 heavy (non-hydrogen) atoms. The molecule has 1 heterocycles. The van der Waals surface area contributed by atoms with Crippen molar-refractivity contribution in [3.63, 3.8) is 0 Å². The minimum absolute atomic E-state index is 0.162. The average Bonchev–Trinajstić information content (AvgIpc) is 2.99. The largest absolute Gasteiger partial charge is 0.288 e. The van der Waals surface area contributed by atoms with E-state index in [9.17, 15) is 4.79 Å². The predicted molar refractivity (Wildman–Crippen MR) is 80.5 cm³/mol. The van der Waals surface area contributed by atoms with Gasteiger partial charge in [0.15, 0.2) is 0 Å². The molecule has 0 aliphatic carbocycles. The number of nitrogens with zero attached hydrogens (tertiary/aromatic N) is 1. The van der Waals surface area contributed by atoms with Gasteiger partial charge in [-0.1, -0.05) is 12.1 Å². The standard InChI is InChI=1S/C15H11NOS2/c1-18-14-4-2-11(3-5-14)8-13(9-16)15(17)12-6-7-19-10-12/h2-8,10H,1H3/b13-8-. The average molecular weight is 285 g/mol. The summed E-state index contributed by atoms with van der Waals surface area (Å²) in [5.74, 6) is -0.224. The molecule has 0 aliphatic rings. The van der Waals surface area contributed by atoms with Crippen molar-refractivity contribution in [1.29, 1.82) is 5.26 Å². The molecule has 0 aliphatic heterocycles. The van der Waals surface area contributed by atoms with Crippen LogP contribution in [0.2, 0.25) is 0 Å². The monoisotopic (exact) mass is 285 g/mol. The Morgan fingerprint density at radius 3 is 2.58 bits per heavy atom. The van der Waals surface area contributed by atoms with Crippen LogP contribution in [0.1, 0.15) is 15.9 Å². The van der Waals surface area contributed by atoms with Crippen LogP contribution in [0.25, 0.3) is 6.08 Å². The highest BCUT2D eigenvalue weighted by atomic mass is 32.2. The summed E-state index contributed by atoms with van der Waals surface area (Å²) in [5.41, 5.74) is 1.59.